The van der Waals surface area contributed by atoms with Crippen molar-refractivity contribution in [3.05, 3.63) is 30.3 Å². The topological polar surface area (TPSA) is 30.5 Å². The molecule has 0 aliphatic heterocycles. The van der Waals surface area contributed by atoms with Crippen LogP contribution in [0.4, 0.5) is 5.69 Å². The average Bonchev–Trinajstić information content (AvgIpc) is 2.44. The van der Waals surface area contributed by atoms with E-state index in [2.05, 4.69) is 29.6 Å². The summed E-state index contributed by atoms with van der Waals surface area (Å²) in [5.41, 5.74) is 1.21. The number of rotatable bonds is 11. The Morgan fingerprint density at radius 2 is 1.63 bits per heavy atom. The van der Waals surface area contributed by atoms with Crippen LogP contribution in [0.2, 0.25) is 6.04 Å². The number of anilines is 1. The molecular formula is C15H27NO2Si. The van der Waals surface area contributed by atoms with Gasteiger partial charge in [-0.15, -0.1) is 0 Å². The first-order chi connectivity index (χ1) is 9.36. The van der Waals surface area contributed by atoms with Gasteiger partial charge in [0.25, 0.3) is 0 Å². The van der Waals surface area contributed by atoms with E-state index in [-0.39, 0.29) is 0 Å². The van der Waals surface area contributed by atoms with Gasteiger partial charge in [0.1, 0.15) is 0 Å². The van der Waals surface area contributed by atoms with Crippen LogP contribution in [-0.4, -0.2) is 29.0 Å². The van der Waals surface area contributed by atoms with Gasteiger partial charge in [0.05, 0.1) is 0 Å². The molecular weight excluding hydrogens is 254 g/mol. The van der Waals surface area contributed by atoms with Gasteiger partial charge in [-0.2, -0.15) is 0 Å². The first-order valence-corrected chi connectivity index (χ1v) is 9.14. The Morgan fingerprint density at radius 3 is 2.26 bits per heavy atom. The van der Waals surface area contributed by atoms with Crippen LogP contribution in [0.15, 0.2) is 30.3 Å². The van der Waals surface area contributed by atoms with Crippen LogP contribution in [0.1, 0.15) is 33.1 Å². The van der Waals surface area contributed by atoms with Crippen LogP contribution >= 0.6 is 0 Å². The monoisotopic (exact) mass is 281 g/mol. The predicted octanol–water partition coefficient (Wildman–Crippen LogP) is 3.56. The quantitative estimate of drug-likeness (QED) is 0.497. The summed E-state index contributed by atoms with van der Waals surface area (Å²) in [6.07, 6.45) is 3.66. The Hall–Kier alpha value is -0.843. The van der Waals surface area contributed by atoms with E-state index in [1.807, 2.05) is 19.9 Å². The lowest BCUT2D eigenvalue weighted by atomic mass is 10.2. The minimum absolute atomic E-state index is 0.784. The average molecular weight is 281 g/mol. The largest absolute Gasteiger partial charge is 0.397 e. The smallest absolute Gasteiger partial charge is 0.321 e. The summed E-state index contributed by atoms with van der Waals surface area (Å²) >= 11 is 0. The molecule has 108 valence electrons. The van der Waals surface area contributed by atoms with E-state index in [0.29, 0.717) is 0 Å². The Morgan fingerprint density at radius 1 is 0.947 bits per heavy atom. The lowest BCUT2D eigenvalue weighted by molar-refractivity contribution is 0.212. The van der Waals surface area contributed by atoms with Crippen molar-refractivity contribution in [1.29, 1.82) is 0 Å². The summed E-state index contributed by atoms with van der Waals surface area (Å²) in [6, 6.07) is 11.5. The number of para-hydroxylation sites is 1. The molecule has 0 aromatic heterocycles. The maximum absolute atomic E-state index is 5.66. The molecule has 0 atom stereocenters. The zero-order chi connectivity index (χ0) is 13.8. The number of unbranched alkanes of at least 4 members (excludes halogenated alkanes) is 2. The third-order valence-electron chi connectivity index (χ3n) is 2.92. The van der Waals surface area contributed by atoms with E-state index in [1.165, 1.54) is 24.9 Å². The van der Waals surface area contributed by atoms with Gasteiger partial charge in [-0.3, -0.25) is 0 Å². The molecule has 19 heavy (non-hydrogen) atoms. The first kappa shape index (κ1) is 16.2. The van der Waals surface area contributed by atoms with Crippen molar-refractivity contribution in [3.8, 4) is 0 Å². The second-order valence-corrected chi connectivity index (χ2v) is 6.59. The fourth-order valence-electron chi connectivity index (χ4n) is 1.99. The predicted molar refractivity (Wildman–Crippen MR) is 84.0 cm³/mol. The molecule has 1 N–H and O–H groups in total. The number of nitrogens with one attached hydrogen (secondary N) is 1. The van der Waals surface area contributed by atoms with Crippen molar-refractivity contribution in [2.45, 2.75) is 39.2 Å². The molecule has 0 unspecified atom stereocenters. The fraction of sp³-hybridized carbons (Fsp3) is 0.600. The van der Waals surface area contributed by atoms with Gasteiger partial charge in [-0.25, -0.2) is 0 Å². The summed E-state index contributed by atoms with van der Waals surface area (Å²) in [4.78, 5) is 0. The zero-order valence-corrected chi connectivity index (χ0v) is 13.4. The van der Waals surface area contributed by atoms with Gasteiger partial charge < -0.3 is 14.2 Å². The minimum Gasteiger partial charge on any atom is -0.397 e. The highest BCUT2D eigenvalue weighted by atomic mass is 28.3. The number of hydrogen-bond acceptors (Lipinski definition) is 3. The normalized spacial score (nSPS) is 10.9. The molecule has 0 saturated carbocycles. The fourth-order valence-corrected chi connectivity index (χ4v) is 3.78. The van der Waals surface area contributed by atoms with Gasteiger partial charge in [0.15, 0.2) is 0 Å². The van der Waals surface area contributed by atoms with Gasteiger partial charge in [-0.1, -0.05) is 31.0 Å². The lowest BCUT2D eigenvalue weighted by Crippen LogP contribution is -2.22. The number of benzene rings is 1. The maximum atomic E-state index is 5.66. The highest BCUT2D eigenvalue weighted by Crippen LogP contribution is 2.09. The van der Waals surface area contributed by atoms with Crippen LogP contribution in [0.3, 0.4) is 0 Å². The van der Waals surface area contributed by atoms with Crippen LogP contribution in [0.5, 0.6) is 0 Å². The molecule has 0 aliphatic carbocycles. The Bertz CT molecular complexity index is 302. The third kappa shape index (κ3) is 8.03. The summed E-state index contributed by atoms with van der Waals surface area (Å²) in [5, 5.41) is 3.43. The molecule has 1 rings (SSSR count). The highest BCUT2D eigenvalue weighted by molar-refractivity contribution is 6.44. The molecule has 0 heterocycles. The van der Waals surface area contributed by atoms with Crippen LogP contribution in [-0.2, 0) is 8.85 Å². The van der Waals surface area contributed by atoms with Gasteiger partial charge >= 0.3 is 9.28 Å². The second-order valence-electron chi connectivity index (χ2n) is 4.48. The van der Waals surface area contributed by atoms with Gasteiger partial charge in [0.2, 0.25) is 0 Å². The highest BCUT2D eigenvalue weighted by Gasteiger charge is 2.10. The Kier molecular flexibility index (Phi) is 9.41. The van der Waals surface area contributed by atoms with E-state index in [0.717, 1.165) is 25.8 Å². The summed E-state index contributed by atoms with van der Waals surface area (Å²) in [5.74, 6) is 0. The van der Waals surface area contributed by atoms with Crippen molar-refractivity contribution in [3.63, 3.8) is 0 Å². The Labute approximate surface area is 119 Å². The van der Waals surface area contributed by atoms with E-state index >= 15 is 0 Å². The minimum atomic E-state index is -1.37. The molecule has 0 radical (unpaired) electrons. The van der Waals surface area contributed by atoms with Crippen LogP contribution in [0, 0.1) is 0 Å². The van der Waals surface area contributed by atoms with Gasteiger partial charge in [-0.05, 0) is 38.4 Å². The molecule has 0 amide bonds. The molecule has 0 fully saturated rings. The standard InChI is InChI=1S/C15H27NO2Si/c1-3-17-19(18-4-2)14-10-6-9-13-16-15-11-7-5-8-12-15/h5,7-8,11-12,16,19H,3-4,6,9-10,13-14H2,1-2H3. The molecule has 0 spiro atoms. The van der Waals surface area contributed by atoms with Crippen LogP contribution in [0.25, 0.3) is 0 Å². The molecule has 1 aromatic carbocycles. The van der Waals surface area contributed by atoms with Crippen molar-refractivity contribution in [1.82, 2.24) is 0 Å². The lowest BCUT2D eigenvalue weighted by Gasteiger charge is -2.14. The summed E-state index contributed by atoms with van der Waals surface area (Å²) < 4.78 is 11.3. The van der Waals surface area contributed by atoms with Crippen molar-refractivity contribution < 1.29 is 8.85 Å². The van der Waals surface area contributed by atoms with Crippen molar-refractivity contribution in [2.75, 3.05) is 25.1 Å². The zero-order valence-electron chi connectivity index (χ0n) is 12.2. The maximum Gasteiger partial charge on any atom is 0.321 e. The van der Waals surface area contributed by atoms with E-state index in [9.17, 15) is 0 Å². The molecule has 1 aromatic rings. The molecule has 0 bridgehead atoms. The van der Waals surface area contributed by atoms with Crippen molar-refractivity contribution in [2.24, 2.45) is 0 Å². The number of hydrogen-bond donors (Lipinski definition) is 1. The van der Waals surface area contributed by atoms with Crippen LogP contribution < -0.4 is 5.32 Å². The van der Waals surface area contributed by atoms with E-state index in [4.69, 9.17) is 8.85 Å². The van der Waals surface area contributed by atoms with Crippen molar-refractivity contribution >= 4 is 15.0 Å². The molecule has 4 heteroatoms. The van der Waals surface area contributed by atoms with Gasteiger partial charge in [0, 0.05) is 25.4 Å². The molecule has 3 nitrogen and oxygen atoms in total. The summed E-state index contributed by atoms with van der Waals surface area (Å²) in [6.45, 7) is 6.70. The van der Waals surface area contributed by atoms with E-state index < -0.39 is 9.28 Å². The summed E-state index contributed by atoms with van der Waals surface area (Å²) in [7, 11) is -1.37. The molecule has 0 saturated heterocycles. The SMILES string of the molecule is CCO[SiH](CCCCCNc1ccccc1)OCC. The van der Waals surface area contributed by atoms with E-state index in [1.54, 1.807) is 0 Å². The first-order valence-electron chi connectivity index (χ1n) is 7.39. The Balaban J connectivity index is 2.01. The second kappa shape index (κ2) is 11.0. The third-order valence-corrected chi connectivity index (χ3v) is 5.21. The molecule has 0 aliphatic rings.